The van der Waals surface area contributed by atoms with Gasteiger partial charge in [0, 0.05) is 0 Å². The largest absolute Gasteiger partial charge is 0.494 e. The summed E-state index contributed by atoms with van der Waals surface area (Å²) in [4.78, 5) is 23.7. The van der Waals surface area contributed by atoms with E-state index < -0.39 is 5.97 Å². The maximum absolute atomic E-state index is 12.7. The van der Waals surface area contributed by atoms with Crippen molar-refractivity contribution in [1.29, 1.82) is 0 Å². The van der Waals surface area contributed by atoms with E-state index in [0.717, 1.165) is 11.3 Å². The Morgan fingerprint density at radius 2 is 1.81 bits per heavy atom. The van der Waals surface area contributed by atoms with Crippen LogP contribution in [0.3, 0.4) is 0 Å². The lowest BCUT2D eigenvalue weighted by molar-refractivity contribution is -0.114. The van der Waals surface area contributed by atoms with Crippen LogP contribution in [0.5, 0.6) is 5.75 Å². The third-order valence-corrected chi connectivity index (χ3v) is 3.92. The molecule has 1 amide bonds. The predicted molar refractivity (Wildman–Crippen MR) is 99.6 cm³/mol. The second kappa shape index (κ2) is 7.23. The molecular weight excluding hydrogens is 332 g/mol. The Bertz CT molecular complexity index is 896. The van der Waals surface area contributed by atoms with Gasteiger partial charge in [0.1, 0.15) is 5.75 Å². The summed E-state index contributed by atoms with van der Waals surface area (Å²) in [6, 6.07) is 13.5. The van der Waals surface area contributed by atoms with Crippen molar-refractivity contribution in [1.82, 2.24) is 0 Å². The van der Waals surface area contributed by atoms with Crippen LogP contribution < -0.4 is 9.75 Å². The van der Waals surface area contributed by atoms with E-state index in [9.17, 15) is 9.59 Å². The van der Waals surface area contributed by atoms with E-state index >= 15 is 0 Å². The Kier molecular flexibility index (Phi) is 4.84. The van der Waals surface area contributed by atoms with Gasteiger partial charge in [-0.05, 0) is 61.9 Å². The monoisotopic (exact) mass is 350 g/mol. The third-order valence-electron chi connectivity index (χ3n) is 3.92. The molecule has 0 saturated carbocycles. The van der Waals surface area contributed by atoms with Crippen LogP contribution in [0.2, 0.25) is 0 Å². The molecule has 2 aromatic carbocycles. The molecule has 0 aliphatic carbocycles. The van der Waals surface area contributed by atoms with Crippen molar-refractivity contribution in [2.24, 2.45) is 5.10 Å². The number of nitrogens with zero attached hydrogens (tertiary/aromatic N) is 2. The number of aromatic carboxylic acids is 1. The normalized spacial score (nSPS) is 15.3. The summed E-state index contributed by atoms with van der Waals surface area (Å²) in [6.45, 7) is 4.29. The lowest BCUT2D eigenvalue weighted by Gasteiger charge is -2.11. The highest BCUT2D eigenvalue weighted by molar-refractivity contribution is 6.32. The molecule has 1 heterocycles. The Morgan fingerprint density at radius 3 is 2.38 bits per heavy atom. The molecule has 0 atom stereocenters. The van der Waals surface area contributed by atoms with Crippen molar-refractivity contribution >= 4 is 29.4 Å². The number of amides is 1. The summed E-state index contributed by atoms with van der Waals surface area (Å²) >= 11 is 0. The SMILES string of the molecule is CCOc1ccc(C=C2C(=O)N(c3ccc(C(=O)O)cc3)N=C2C)cc1. The van der Waals surface area contributed by atoms with Crippen LogP contribution in [0.4, 0.5) is 5.69 Å². The minimum absolute atomic E-state index is 0.159. The van der Waals surface area contributed by atoms with E-state index in [1.165, 1.54) is 17.1 Å². The number of anilines is 1. The van der Waals surface area contributed by atoms with Gasteiger partial charge < -0.3 is 9.84 Å². The van der Waals surface area contributed by atoms with Crippen LogP contribution in [0, 0.1) is 0 Å². The van der Waals surface area contributed by atoms with Crippen molar-refractivity contribution in [3.05, 3.63) is 65.2 Å². The Labute approximate surface area is 151 Å². The van der Waals surface area contributed by atoms with Gasteiger partial charge in [-0.1, -0.05) is 12.1 Å². The van der Waals surface area contributed by atoms with Gasteiger partial charge in [-0.15, -0.1) is 0 Å². The molecule has 6 nitrogen and oxygen atoms in total. The van der Waals surface area contributed by atoms with Gasteiger partial charge in [0.2, 0.25) is 0 Å². The highest BCUT2D eigenvalue weighted by Crippen LogP contribution is 2.25. The molecule has 0 aromatic heterocycles. The molecule has 0 unspecified atom stereocenters. The van der Waals surface area contributed by atoms with Crippen LogP contribution in [-0.4, -0.2) is 29.3 Å². The third kappa shape index (κ3) is 3.49. The first kappa shape index (κ1) is 17.4. The fourth-order valence-electron chi connectivity index (χ4n) is 2.60. The molecule has 132 valence electrons. The standard InChI is InChI=1S/C20H18N2O4/c1-3-26-17-10-4-14(5-11-17)12-18-13(2)21-22(19(18)23)16-8-6-15(7-9-16)20(24)25/h4-12H,3H2,1-2H3,(H,24,25). The summed E-state index contributed by atoms with van der Waals surface area (Å²) in [7, 11) is 0. The van der Waals surface area contributed by atoms with E-state index in [2.05, 4.69) is 5.10 Å². The molecule has 26 heavy (non-hydrogen) atoms. The summed E-state index contributed by atoms with van der Waals surface area (Å²) in [5.74, 6) is -0.488. The second-order valence-electron chi connectivity index (χ2n) is 5.71. The zero-order valence-corrected chi connectivity index (χ0v) is 14.5. The molecule has 6 heteroatoms. The van der Waals surface area contributed by atoms with Gasteiger partial charge in [-0.25, -0.2) is 4.79 Å². The van der Waals surface area contributed by atoms with E-state index in [-0.39, 0.29) is 11.5 Å². The van der Waals surface area contributed by atoms with Crippen LogP contribution in [0.15, 0.2) is 59.2 Å². The van der Waals surface area contributed by atoms with Crippen LogP contribution in [0.1, 0.15) is 29.8 Å². The maximum atomic E-state index is 12.7. The van der Waals surface area contributed by atoms with E-state index in [1.54, 1.807) is 25.1 Å². The number of ether oxygens (including phenoxy) is 1. The number of carboxylic acids is 1. The molecule has 0 bridgehead atoms. The average Bonchev–Trinajstić information content (AvgIpc) is 2.92. The van der Waals surface area contributed by atoms with Gasteiger partial charge in [0.15, 0.2) is 0 Å². The molecule has 1 aliphatic heterocycles. The number of carboxylic acid groups (broad SMARTS) is 1. The predicted octanol–water partition coefficient (Wildman–Crippen LogP) is 3.59. The second-order valence-corrected chi connectivity index (χ2v) is 5.71. The lowest BCUT2D eigenvalue weighted by atomic mass is 10.1. The quantitative estimate of drug-likeness (QED) is 0.836. The van der Waals surface area contributed by atoms with Gasteiger partial charge in [-0.2, -0.15) is 10.1 Å². The van der Waals surface area contributed by atoms with Gasteiger partial charge in [-0.3, -0.25) is 4.79 Å². The van der Waals surface area contributed by atoms with Crippen molar-refractivity contribution in [2.75, 3.05) is 11.6 Å². The van der Waals surface area contributed by atoms with E-state index in [4.69, 9.17) is 9.84 Å². The molecule has 1 N–H and O–H groups in total. The number of carbonyl (C=O) groups is 2. The van der Waals surface area contributed by atoms with Gasteiger partial charge in [0.05, 0.1) is 29.1 Å². The van der Waals surface area contributed by atoms with Gasteiger partial charge >= 0.3 is 5.97 Å². The van der Waals surface area contributed by atoms with Crippen LogP contribution >= 0.6 is 0 Å². The number of benzene rings is 2. The number of rotatable bonds is 5. The zero-order valence-electron chi connectivity index (χ0n) is 14.5. The molecule has 1 aliphatic rings. The smallest absolute Gasteiger partial charge is 0.335 e. The maximum Gasteiger partial charge on any atom is 0.335 e. The van der Waals surface area contributed by atoms with Crippen molar-refractivity contribution in [3.8, 4) is 5.75 Å². The molecule has 0 radical (unpaired) electrons. The molecule has 0 fully saturated rings. The van der Waals surface area contributed by atoms with Crippen molar-refractivity contribution in [2.45, 2.75) is 13.8 Å². The van der Waals surface area contributed by atoms with Crippen LogP contribution in [-0.2, 0) is 4.79 Å². The summed E-state index contributed by atoms with van der Waals surface area (Å²) in [5, 5.41) is 14.5. The first-order chi connectivity index (χ1) is 12.5. The fourth-order valence-corrected chi connectivity index (χ4v) is 2.60. The number of hydrazone groups is 1. The minimum Gasteiger partial charge on any atom is -0.494 e. The number of hydrogen-bond acceptors (Lipinski definition) is 4. The Balaban J connectivity index is 1.84. The van der Waals surface area contributed by atoms with Gasteiger partial charge in [0.25, 0.3) is 5.91 Å². The zero-order chi connectivity index (χ0) is 18.7. The van der Waals surface area contributed by atoms with Crippen molar-refractivity contribution < 1.29 is 19.4 Å². The first-order valence-electron chi connectivity index (χ1n) is 8.17. The van der Waals surface area contributed by atoms with E-state index in [0.29, 0.717) is 23.6 Å². The Hall–Kier alpha value is -3.41. The number of hydrogen-bond donors (Lipinski definition) is 1. The highest BCUT2D eigenvalue weighted by Gasteiger charge is 2.28. The van der Waals surface area contributed by atoms with Crippen LogP contribution in [0.25, 0.3) is 6.08 Å². The fraction of sp³-hybridized carbons (Fsp3) is 0.150. The summed E-state index contributed by atoms with van der Waals surface area (Å²) in [6.07, 6.45) is 1.78. The average molecular weight is 350 g/mol. The molecule has 0 spiro atoms. The topological polar surface area (TPSA) is 79.2 Å². The summed E-state index contributed by atoms with van der Waals surface area (Å²) < 4.78 is 5.41. The first-order valence-corrected chi connectivity index (χ1v) is 8.17. The molecule has 3 rings (SSSR count). The Morgan fingerprint density at radius 1 is 1.15 bits per heavy atom. The van der Waals surface area contributed by atoms with Crippen molar-refractivity contribution in [3.63, 3.8) is 0 Å². The minimum atomic E-state index is -1.01. The highest BCUT2D eigenvalue weighted by atomic mass is 16.5. The molecule has 2 aromatic rings. The molecule has 0 saturated heterocycles. The summed E-state index contributed by atoms with van der Waals surface area (Å²) in [5.41, 5.74) is 2.65. The molecular formula is C20H18N2O4. The number of carbonyl (C=O) groups excluding carboxylic acids is 1. The lowest BCUT2D eigenvalue weighted by Crippen LogP contribution is -2.21. The van der Waals surface area contributed by atoms with E-state index in [1.807, 2.05) is 31.2 Å².